The van der Waals surface area contributed by atoms with E-state index in [2.05, 4.69) is 25.6 Å². The van der Waals surface area contributed by atoms with Crippen molar-refractivity contribution >= 4 is 34.9 Å². The molecule has 0 aliphatic carbocycles. The van der Waals surface area contributed by atoms with E-state index >= 15 is 0 Å². The van der Waals surface area contributed by atoms with Crippen molar-refractivity contribution in [1.29, 1.82) is 0 Å². The molecule has 2 aliphatic heterocycles. The molecule has 2 N–H and O–H groups in total. The van der Waals surface area contributed by atoms with E-state index in [0.29, 0.717) is 68.4 Å². The van der Waals surface area contributed by atoms with Crippen LogP contribution >= 0.6 is 11.8 Å². The van der Waals surface area contributed by atoms with Crippen molar-refractivity contribution in [2.75, 3.05) is 24.5 Å². The minimum atomic E-state index is -5.30. The number of nitrogens with zero attached hydrogens (tertiary/aromatic N) is 4. The first-order valence-corrected chi connectivity index (χ1v) is 14.7. The SMILES string of the molecule is O=C1NC(=O)/C(=C\c2ccnc(N3CCC(CNCc4cc(C(F)(F)F)cc(-c5ccc(C(F)(F)F)cc5C(F)(F)F)n4)CC3)n2)S1. The molecule has 4 heterocycles. The molecule has 2 aliphatic rings. The number of aromatic nitrogens is 3. The molecular formula is C29H23F9N6O2S. The standard InChI is InChI=1S/C29H23F9N6O2S/c30-27(31,32)16-1-2-20(21(10-16)29(36,37)38)22-11-17(28(33,34)35)9-19(41-22)14-39-13-15-4-7-44(8-5-15)25-40-6-3-18(42-25)12-23-24(45)43-26(46)47-23/h1-3,6,9-12,15,39H,4-5,7-8,13-14H2,(H,43,45,46)/b23-12+. The summed E-state index contributed by atoms with van der Waals surface area (Å²) in [6.45, 7) is 1.15. The van der Waals surface area contributed by atoms with Gasteiger partial charge in [0.2, 0.25) is 5.95 Å². The molecule has 2 aromatic heterocycles. The lowest BCUT2D eigenvalue weighted by Gasteiger charge is -2.32. The lowest BCUT2D eigenvalue weighted by molar-refractivity contribution is -0.142. The topological polar surface area (TPSA) is 100 Å². The van der Waals surface area contributed by atoms with Gasteiger partial charge in [0.25, 0.3) is 11.1 Å². The molecule has 1 aromatic carbocycles. The Bertz CT molecular complexity index is 1700. The molecule has 2 fully saturated rings. The van der Waals surface area contributed by atoms with Crippen molar-refractivity contribution in [2.24, 2.45) is 5.92 Å². The van der Waals surface area contributed by atoms with E-state index in [1.807, 2.05) is 4.90 Å². The number of anilines is 1. The van der Waals surface area contributed by atoms with Gasteiger partial charge in [-0.2, -0.15) is 39.5 Å². The molecule has 0 radical (unpaired) electrons. The summed E-state index contributed by atoms with van der Waals surface area (Å²) in [7, 11) is 0. The summed E-state index contributed by atoms with van der Waals surface area (Å²) in [5.74, 6) is -0.0449. The van der Waals surface area contributed by atoms with Gasteiger partial charge in [0.1, 0.15) is 0 Å². The van der Waals surface area contributed by atoms with Crippen LogP contribution in [0.15, 0.2) is 47.5 Å². The molecule has 3 aromatic rings. The predicted molar refractivity (Wildman–Crippen MR) is 152 cm³/mol. The third-order valence-electron chi connectivity index (χ3n) is 7.36. The number of amides is 2. The van der Waals surface area contributed by atoms with Crippen molar-refractivity contribution in [3.8, 4) is 11.3 Å². The number of pyridine rings is 1. The zero-order valence-electron chi connectivity index (χ0n) is 23.9. The summed E-state index contributed by atoms with van der Waals surface area (Å²) in [5, 5.41) is 4.67. The Morgan fingerprint density at radius 3 is 2.21 bits per heavy atom. The highest BCUT2D eigenvalue weighted by Gasteiger charge is 2.39. The summed E-state index contributed by atoms with van der Waals surface area (Å²) in [5.41, 5.74) is -6.13. The first-order valence-electron chi connectivity index (χ1n) is 13.9. The zero-order valence-corrected chi connectivity index (χ0v) is 24.7. The second kappa shape index (κ2) is 13.1. The van der Waals surface area contributed by atoms with Crippen molar-refractivity contribution in [1.82, 2.24) is 25.6 Å². The van der Waals surface area contributed by atoms with Gasteiger partial charge in [-0.3, -0.25) is 19.9 Å². The second-order valence-electron chi connectivity index (χ2n) is 10.7. The van der Waals surface area contributed by atoms with E-state index in [-0.39, 0.29) is 29.1 Å². The Morgan fingerprint density at radius 1 is 0.894 bits per heavy atom. The van der Waals surface area contributed by atoms with Gasteiger partial charge in [0.15, 0.2) is 0 Å². The Kier molecular flexibility index (Phi) is 9.54. The van der Waals surface area contributed by atoms with Gasteiger partial charge in [0.05, 0.1) is 38.7 Å². The number of carbonyl (C=O) groups is 2. The fraction of sp³-hybridized carbons (Fsp3) is 0.345. The third kappa shape index (κ3) is 8.40. The number of carbonyl (C=O) groups excluding carboxylic acids is 2. The Morgan fingerprint density at radius 2 is 1.60 bits per heavy atom. The number of benzene rings is 1. The van der Waals surface area contributed by atoms with E-state index < -0.39 is 57.6 Å². The quantitative estimate of drug-likeness (QED) is 0.204. The van der Waals surface area contributed by atoms with Crippen LogP contribution in [-0.2, 0) is 29.9 Å². The van der Waals surface area contributed by atoms with E-state index in [1.165, 1.54) is 12.3 Å². The first-order chi connectivity index (χ1) is 22.0. The van der Waals surface area contributed by atoms with Gasteiger partial charge in [0, 0.05) is 31.4 Å². The molecule has 2 saturated heterocycles. The van der Waals surface area contributed by atoms with Crippen LogP contribution in [0.1, 0.15) is 40.9 Å². The highest BCUT2D eigenvalue weighted by atomic mass is 32.2. The summed E-state index contributed by atoms with van der Waals surface area (Å²) in [6.07, 6.45) is -11.1. The first kappa shape index (κ1) is 34.2. The number of thioether (sulfide) groups is 1. The monoisotopic (exact) mass is 690 g/mol. The minimum absolute atomic E-state index is 0.0677. The van der Waals surface area contributed by atoms with Crippen LogP contribution in [0.4, 0.5) is 50.3 Å². The van der Waals surface area contributed by atoms with Gasteiger partial charge in [-0.25, -0.2) is 9.97 Å². The molecule has 5 rings (SSSR count). The lowest BCUT2D eigenvalue weighted by Crippen LogP contribution is -2.38. The van der Waals surface area contributed by atoms with Crippen LogP contribution in [0, 0.1) is 5.92 Å². The number of alkyl halides is 9. The maximum Gasteiger partial charge on any atom is 0.417 e. The maximum absolute atomic E-state index is 13.7. The number of imide groups is 1. The van der Waals surface area contributed by atoms with Crippen molar-refractivity contribution in [3.63, 3.8) is 0 Å². The van der Waals surface area contributed by atoms with E-state index in [0.717, 1.165) is 11.8 Å². The lowest BCUT2D eigenvalue weighted by atomic mass is 9.97. The molecule has 2 amide bonds. The Hall–Kier alpha value is -4.19. The molecule has 18 heteroatoms. The average Bonchev–Trinajstić information content (AvgIpc) is 3.31. The number of rotatable bonds is 7. The predicted octanol–water partition coefficient (Wildman–Crippen LogP) is 6.93. The van der Waals surface area contributed by atoms with Gasteiger partial charge in [-0.15, -0.1) is 0 Å². The molecule has 0 bridgehead atoms. The van der Waals surface area contributed by atoms with Crippen molar-refractivity contribution in [3.05, 3.63) is 75.6 Å². The molecule has 0 atom stereocenters. The molecular weight excluding hydrogens is 667 g/mol. The van der Waals surface area contributed by atoms with E-state index in [1.54, 1.807) is 6.07 Å². The summed E-state index contributed by atoms with van der Waals surface area (Å²) < 4.78 is 122. The largest absolute Gasteiger partial charge is 0.417 e. The summed E-state index contributed by atoms with van der Waals surface area (Å²) >= 11 is 0.758. The number of nitrogens with one attached hydrogen (secondary N) is 2. The summed E-state index contributed by atoms with van der Waals surface area (Å²) in [4.78, 5) is 38.0. The van der Waals surface area contributed by atoms with Gasteiger partial charge in [-0.1, -0.05) is 6.07 Å². The van der Waals surface area contributed by atoms with Gasteiger partial charge in [-0.05, 0) is 73.5 Å². The van der Waals surface area contributed by atoms with Crippen LogP contribution in [0.2, 0.25) is 0 Å². The molecule has 47 heavy (non-hydrogen) atoms. The number of hydrogen-bond donors (Lipinski definition) is 2. The van der Waals surface area contributed by atoms with Crippen LogP contribution in [0.25, 0.3) is 17.3 Å². The minimum Gasteiger partial charge on any atom is -0.341 e. The smallest absolute Gasteiger partial charge is 0.341 e. The fourth-order valence-corrected chi connectivity index (χ4v) is 5.72. The highest BCUT2D eigenvalue weighted by Crippen LogP contribution is 2.42. The number of hydrogen-bond acceptors (Lipinski definition) is 8. The average molecular weight is 691 g/mol. The highest BCUT2D eigenvalue weighted by molar-refractivity contribution is 8.18. The van der Waals surface area contributed by atoms with Crippen LogP contribution in [0.3, 0.4) is 0 Å². The Balaban J connectivity index is 1.25. The van der Waals surface area contributed by atoms with E-state index in [9.17, 15) is 49.1 Å². The molecule has 0 saturated carbocycles. The van der Waals surface area contributed by atoms with Gasteiger partial charge >= 0.3 is 18.5 Å². The molecule has 8 nitrogen and oxygen atoms in total. The maximum atomic E-state index is 13.7. The van der Waals surface area contributed by atoms with Crippen LogP contribution in [-0.4, -0.2) is 45.7 Å². The normalized spacial score (nSPS) is 17.5. The molecule has 0 unspecified atom stereocenters. The van der Waals surface area contributed by atoms with Crippen molar-refractivity contribution in [2.45, 2.75) is 37.9 Å². The zero-order chi connectivity index (χ0) is 34.1. The molecule has 250 valence electrons. The molecule has 0 spiro atoms. The summed E-state index contributed by atoms with van der Waals surface area (Å²) in [6, 6.07) is 3.34. The third-order valence-corrected chi connectivity index (χ3v) is 8.17. The van der Waals surface area contributed by atoms with Crippen LogP contribution in [0.5, 0.6) is 0 Å². The van der Waals surface area contributed by atoms with Crippen LogP contribution < -0.4 is 15.5 Å². The van der Waals surface area contributed by atoms with Gasteiger partial charge < -0.3 is 10.2 Å². The Labute approximate surface area is 264 Å². The van der Waals surface area contributed by atoms with E-state index in [4.69, 9.17) is 0 Å². The number of piperidine rings is 1. The van der Waals surface area contributed by atoms with Crippen molar-refractivity contribution < 1.29 is 49.1 Å². The second-order valence-corrected chi connectivity index (χ2v) is 11.7. The fourth-order valence-electron chi connectivity index (χ4n) is 5.05. The number of halogens is 9.